The molecular weight excluding hydrogens is 392 g/mol. The normalized spacial score (nSPS) is 20.5. The van der Waals surface area contributed by atoms with Crippen molar-refractivity contribution in [1.82, 2.24) is 20.1 Å². The van der Waals surface area contributed by atoms with Gasteiger partial charge < -0.3 is 5.32 Å². The second-order valence-electron chi connectivity index (χ2n) is 7.35. The Kier molecular flexibility index (Phi) is 7.18. The van der Waals surface area contributed by atoms with E-state index in [1.54, 1.807) is 6.08 Å². The molecule has 0 radical (unpaired) electrons. The molecule has 1 aliphatic carbocycles. The molecule has 3 rings (SSSR count). The van der Waals surface area contributed by atoms with Crippen LogP contribution in [0.4, 0.5) is 0 Å². The van der Waals surface area contributed by atoms with Crippen molar-refractivity contribution >= 4 is 29.3 Å². The van der Waals surface area contributed by atoms with Crippen LogP contribution in [0.5, 0.6) is 0 Å². The lowest BCUT2D eigenvalue weighted by molar-refractivity contribution is -0.121. The topological polar surface area (TPSA) is 59.8 Å². The SMILES string of the molecule is C=CCn1c(S[C@H](C)C(=O)N[C@H]2CCCC[C@H]2C)nnc1-c1ccc(Cl)cc1. The maximum absolute atomic E-state index is 12.7. The van der Waals surface area contributed by atoms with E-state index in [0.29, 0.717) is 22.6 Å². The van der Waals surface area contributed by atoms with Gasteiger partial charge in [0.25, 0.3) is 0 Å². The van der Waals surface area contributed by atoms with E-state index in [1.807, 2.05) is 35.8 Å². The Balaban J connectivity index is 1.73. The number of rotatable bonds is 7. The lowest BCUT2D eigenvalue weighted by Gasteiger charge is -2.30. The minimum Gasteiger partial charge on any atom is -0.352 e. The third kappa shape index (κ3) is 4.97. The number of nitrogens with one attached hydrogen (secondary N) is 1. The van der Waals surface area contributed by atoms with Crippen molar-refractivity contribution in [2.24, 2.45) is 5.92 Å². The first-order chi connectivity index (χ1) is 13.5. The summed E-state index contributed by atoms with van der Waals surface area (Å²) in [5.74, 6) is 1.34. The molecule has 0 aliphatic heterocycles. The molecule has 1 heterocycles. The van der Waals surface area contributed by atoms with E-state index < -0.39 is 0 Å². The molecule has 1 aromatic carbocycles. The number of carbonyl (C=O) groups is 1. The summed E-state index contributed by atoms with van der Waals surface area (Å²) in [6.07, 6.45) is 6.51. The first-order valence-corrected chi connectivity index (χ1v) is 11.0. The third-order valence-electron chi connectivity index (χ3n) is 5.22. The molecule has 1 amide bonds. The van der Waals surface area contributed by atoms with E-state index in [9.17, 15) is 4.79 Å². The standard InChI is InChI=1S/C21H27ClN4OS/c1-4-13-26-19(16-9-11-17(22)12-10-16)24-25-21(26)28-15(3)20(27)23-18-8-6-5-7-14(18)2/h4,9-12,14-15,18H,1,5-8,13H2,2-3H3,(H,23,27)/t14-,15-,18+/m1/s1. The molecule has 0 unspecified atom stereocenters. The molecular formula is C21H27ClN4OS. The van der Waals surface area contributed by atoms with Gasteiger partial charge in [0.1, 0.15) is 0 Å². The third-order valence-corrected chi connectivity index (χ3v) is 6.55. The van der Waals surface area contributed by atoms with Gasteiger partial charge in [-0.2, -0.15) is 0 Å². The minimum atomic E-state index is -0.250. The van der Waals surface area contributed by atoms with E-state index in [4.69, 9.17) is 11.6 Å². The van der Waals surface area contributed by atoms with Gasteiger partial charge in [0.15, 0.2) is 11.0 Å². The summed E-state index contributed by atoms with van der Waals surface area (Å²) in [4.78, 5) is 12.7. The maximum atomic E-state index is 12.7. The van der Waals surface area contributed by atoms with Gasteiger partial charge in [0.05, 0.1) is 5.25 Å². The van der Waals surface area contributed by atoms with E-state index >= 15 is 0 Å². The number of hydrogen-bond acceptors (Lipinski definition) is 4. The number of allylic oxidation sites excluding steroid dienone is 1. The molecule has 1 fully saturated rings. The van der Waals surface area contributed by atoms with Crippen LogP contribution in [0, 0.1) is 5.92 Å². The predicted molar refractivity (Wildman–Crippen MR) is 116 cm³/mol. The number of thioether (sulfide) groups is 1. The molecule has 2 aromatic rings. The van der Waals surface area contributed by atoms with Crippen LogP contribution in [0.2, 0.25) is 5.02 Å². The molecule has 28 heavy (non-hydrogen) atoms. The molecule has 1 saturated carbocycles. The molecule has 1 aromatic heterocycles. The lowest BCUT2D eigenvalue weighted by atomic mass is 9.86. The Morgan fingerprint density at radius 2 is 2.07 bits per heavy atom. The van der Waals surface area contributed by atoms with Crippen molar-refractivity contribution in [3.8, 4) is 11.4 Å². The van der Waals surface area contributed by atoms with Crippen LogP contribution >= 0.6 is 23.4 Å². The fraction of sp³-hybridized carbons (Fsp3) is 0.476. The number of nitrogens with zero attached hydrogens (tertiary/aromatic N) is 3. The monoisotopic (exact) mass is 418 g/mol. The van der Waals surface area contributed by atoms with Crippen molar-refractivity contribution in [2.75, 3.05) is 0 Å². The smallest absolute Gasteiger partial charge is 0.233 e. The summed E-state index contributed by atoms with van der Waals surface area (Å²) in [5, 5.41) is 13.0. The lowest BCUT2D eigenvalue weighted by Crippen LogP contribution is -2.44. The van der Waals surface area contributed by atoms with Gasteiger partial charge in [-0.3, -0.25) is 9.36 Å². The molecule has 0 bridgehead atoms. The van der Waals surface area contributed by atoms with Crippen molar-refractivity contribution in [2.45, 2.75) is 62.5 Å². The number of halogens is 1. The van der Waals surface area contributed by atoms with Crippen LogP contribution in [0.3, 0.4) is 0 Å². The Labute approximate surface area is 176 Å². The number of aromatic nitrogens is 3. The Morgan fingerprint density at radius 3 is 2.75 bits per heavy atom. The van der Waals surface area contributed by atoms with Crippen molar-refractivity contribution in [1.29, 1.82) is 0 Å². The summed E-state index contributed by atoms with van der Waals surface area (Å²) in [5.41, 5.74) is 0.929. The number of hydrogen-bond donors (Lipinski definition) is 1. The van der Waals surface area contributed by atoms with Gasteiger partial charge in [-0.25, -0.2) is 0 Å². The summed E-state index contributed by atoms with van der Waals surface area (Å²) >= 11 is 7.42. The first kappa shape index (κ1) is 20.9. The van der Waals surface area contributed by atoms with E-state index in [1.165, 1.54) is 31.0 Å². The summed E-state index contributed by atoms with van der Waals surface area (Å²) in [6.45, 7) is 8.55. The molecule has 1 N–H and O–H groups in total. The largest absolute Gasteiger partial charge is 0.352 e. The van der Waals surface area contributed by atoms with E-state index in [0.717, 1.165) is 17.8 Å². The number of benzene rings is 1. The predicted octanol–water partition coefficient (Wildman–Crippen LogP) is 4.96. The molecule has 150 valence electrons. The van der Waals surface area contributed by atoms with Crippen LogP contribution in [-0.4, -0.2) is 32.0 Å². The second kappa shape index (κ2) is 9.61. The van der Waals surface area contributed by atoms with Crippen LogP contribution in [0.1, 0.15) is 39.5 Å². The van der Waals surface area contributed by atoms with Crippen molar-refractivity contribution in [3.63, 3.8) is 0 Å². The molecule has 3 atom stereocenters. The zero-order valence-electron chi connectivity index (χ0n) is 16.4. The van der Waals surface area contributed by atoms with Gasteiger partial charge in [-0.1, -0.05) is 49.2 Å². The highest BCUT2D eigenvalue weighted by Crippen LogP contribution is 2.29. The second-order valence-corrected chi connectivity index (χ2v) is 9.09. The van der Waals surface area contributed by atoms with Crippen LogP contribution in [-0.2, 0) is 11.3 Å². The molecule has 0 saturated heterocycles. The number of amides is 1. The quantitative estimate of drug-likeness (QED) is 0.510. The fourth-order valence-corrected chi connectivity index (χ4v) is 4.52. The number of carbonyl (C=O) groups excluding carboxylic acids is 1. The Morgan fingerprint density at radius 1 is 1.36 bits per heavy atom. The fourth-order valence-electron chi connectivity index (χ4n) is 3.52. The van der Waals surface area contributed by atoms with Crippen LogP contribution in [0.15, 0.2) is 42.1 Å². The zero-order chi connectivity index (χ0) is 20.1. The van der Waals surface area contributed by atoms with E-state index in [2.05, 4.69) is 29.0 Å². The summed E-state index contributed by atoms with van der Waals surface area (Å²) in [7, 11) is 0. The molecule has 5 nitrogen and oxygen atoms in total. The Bertz CT molecular complexity index is 820. The first-order valence-electron chi connectivity index (χ1n) is 9.76. The van der Waals surface area contributed by atoms with Crippen LogP contribution in [0.25, 0.3) is 11.4 Å². The summed E-state index contributed by atoms with van der Waals surface area (Å²) < 4.78 is 1.98. The molecule has 7 heteroatoms. The van der Waals surface area contributed by atoms with E-state index in [-0.39, 0.29) is 17.2 Å². The zero-order valence-corrected chi connectivity index (χ0v) is 18.0. The average molecular weight is 419 g/mol. The minimum absolute atomic E-state index is 0.0601. The molecule has 1 aliphatic rings. The van der Waals surface area contributed by atoms with Gasteiger partial charge in [0.2, 0.25) is 5.91 Å². The van der Waals surface area contributed by atoms with Crippen molar-refractivity contribution < 1.29 is 4.79 Å². The van der Waals surface area contributed by atoms with Gasteiger partial charge >= 0.3 is 0 Å². The van der Waals surface area contributed by atoms with Crippen molar-refractivity contribution in [3.05, 3.63) is 41.9 Å². The summed E-state index contributed by atoms with van der Waals surface area (Å²) in [6, 6.07) is 7.78. The van der Waals surface area contributed by atoms with Gasteiger partial charge in [-0.15, -0.1) is 16.8 Å². The highest BCUT2D eigenvalue weighted by Gasteiger charge is 2.26. The van der Waals surface area contributed by atoms with Crippen LogP contribution < -0.4 is 5.32 Å². The maximum Gasteiger partial charge on any atom is 0.233 e. The molecule has 0 spiro atoms. The average Bonchev–Trinajstić information content (AvgIpc) is 3.07. The highest BCUT2D eigenvalue weighted by atomic mass is 35.5. The Hall–Kier alpha value is -1.79. The van der Waals surface area contributed by atoms with Gasteiger partial charge in [-0.05, 0) is 49.9 Å². The highest BCUT2D eigenvalue weighted by molar-refractivity contribution is 8.00. The van der Waals surface area contributed by atoms with Gasteiger partial charge in [0, 0.05) is 23.2 Å².